The van der Waals surface area contributed by atoms with E-state index in [0.29, 0.717) is 6.04 Å². The van der Waals surface area contributed by atoms with Gasteiger partial charge in [-0.2, -0.15) is 5.10 Å². The molecule has 1 aliphatic heterocycles. The summed E-state index contributed by atoms with van der Waals surface area (Å²) in [5.74, 6) is 0. The zero-order valence-corrected chi connectivity index (χ0v) is 14.5. The van der Waals surface area contributed by atoms with Gasteiger partial charge in [-0.15, -0.1) is 0 Å². The molecule has 20 heavy (non-hydrogen) atoms. The van der Waals surface area contributed by atoms with E-state index in [-0.39, 0.29) is 0 Å². The Kier molecular flexibility index (Phi) is 6.05. The van der Waals surface area contributed by atoms with E-state index in [1.165, 1.54) is 36.0 Å². The van der Waals surface area contributed by atoms with Crippen LogP contribution in [0, 0.1) is 6.92 Å². The van der Waals surface area contributed by atoms with Crippen molar-refractivity contribution in [1.82, 2.24) is 20.0 Å². The molecule has 1 aliphatic rings. The lowest BCUT2D eigenvalue weighted by molar-refractivity contribution is 0.150. The lowest BCUT2D eigenvalue weighted by Crippen LogP contribution is -2.43. The lowest BCUT2D eigenvalue weighted by Gasteiger charge is -2.34. The highest BCUT2D eigenvalue weighted by Gasteiger charge is 2.23. The van der Waals surface area contributed by atoms with Crippen LogP contribution in [-0.4, -0.2) is 40.4 Å². The number of nitrogens with one attached hydrogen (secondary N) is 1. The Morgan fingerprint density at radius 3 is 2.65 bits per heavy atom. The fourth-order valence-corrected chi connectivity index (χ4v) is 3.47. The van der Waals surface area contributed by atoms with Crippen LogP contribution in [0.25, 0.3) is 0 Å². The summed E-state index contributed by atoms with van der Waals surface area (Å²) in [5.41, 5.74) is 2.43. The molecule has 4 nitrogen and oxygen atoms in total. The second kappa shape index (κ2) is 7.57. The third-order valence-corrected chi connectivity index (χ3v) is 5.17. The number of piperidine rings is 1. The Bertz CT molecular complexity index is 424. The van der Waals surface area contributed by atoms with Gasteiger partial charge in [-0.1, -0.05) is 6.92 Å². The second-order valence-electron chi connectivity index (χ2n) is 5.61. The van der Waals surface area contributed by atoms with Crippen LogP contribution in [0.3, 0.4) is 0 Å². The topological polar surface area (TPSA) is 33.1 Å². The number of hydrogen-bond acceptors (Lipinski definition) is 3. The third kappa shape index (κ3) is 3.62. The van der Waals surface area contributed by atoms with Crippen molar-refractivity contribution in [2.45, 2.75) is 59.2 Å². The first-order valence-corrected chi connectivity index (χ1v) is 8.63. The number of rotatable bonds is 6. The minimum atomic E-state index is 0.712. The molecule has 0 radical (unpaired) electrons. The van der Waals surface area contributed by atoms with Crippen LogP contribution in [0.2, 0.25) is 0 Å². The molecule has 2 heterocycles. The molecular weight excluding hydrogens is 316 g/mol. The van der Waals surface area contributed by atoms with Crippen LogP contribution >= 0.6 is 15.9 Å². The number of aryl methyl sites for hydroxylation is 2. The van der Waals surface area contributed by atoms with Gasteiger partial charge in [0.1, 0.15) is 0 Å². The predicted octanol–water partition coefficient (Wildman–Crippen LogP) is 2.94. The molecule has 1 N–H and O–H groups in total. The maximum absolute atomic E-state index is 4.62. The van der Waals surface area contributed by atoms with Gasteiger partial charge in [0.05, 0.1) is 15.9 Å². The van der Waals surface area contributed by atoms with E-state index in [9.17, 15) is 0 Å². The molecular formula is C15H27BrN4. The van der Waals surface area contributed by atoms with Crippen LogP contribution in [0.15, 0.2) is 4.47 Å². The van der Waals surface area contributed by atoms with Crippen LogP contribution < -0.4 is 5.32 Å². The molecule has 0 atom stereocenters. The molecule has 0 bridgehead atoms. The molecule has 0 saturated carbocycles. The molecule has 0 aliphatic carbocycles. The first kappa shape index (κ1) is 16.0. The van der Waals surface area contributed by atoms with Crippen molar-refractivity contribution in [1.29, 1.82) is 0 Å². The van der Waals surface area contributed by atoms with Gasteiger partial charge in [0.2, 0.25) is 0 Å². The van der Waals surface area contributed by atoms with Crippen molar-refractivity contribution in [3.63, 3.8) is 0 Å². The Hall–Kier alpha value is -0.390. The molecule has 0 amide bonds. The van der Waals surface area contributed by atoms with Gasteiger partial charge in [-0.3, -0.25) is 9.58 Å². The summed E-state index contributed by atoms with van der Waals surface area (Å²) >= 11 is 3.72. The monoisotopic (exact) mass is 342 g/mol. The molecule has 1 saturated heterocycles. The average molecular weight is 343 g/mol. The number of hydrogen-bond donors (Lipinski definition) is 1. The van der Waals surface area contributed by atoms with Crippen molar-refractivity contribution < 1.29 is 0 Å². The summed E-state index contributed by atoms with van der Waals surface area (Å²) < 4.78 is 3.33. The van der Waals surface area contributed by atoms with Gasteiger partial charge in [-0.05, 0) is 68.7 Å². The van der Waals surface area contributed by atoms with Crippen molar-refractivity contribution in [2.24, 2.45) is 0 Å². The molecule has 1 aromatic rings. The second-order valence-corrected chi connectivity index (χ2v) is 6.41. The highest BCUT2D eigenvalue weighted by molar-refractivity contribution is 9.10. The maximum Gasteiger partial charge on any atom is 0.0739 e. The van der Waals surface area contributed by atoms with Gasteiger partial charge in [0.15, 0.2) is 0 Å². The van der Waals surface area contributed by atoms with Crippen molar-refractivity contribution in [3.05, 3.63) is 15.9 Å². The number of aromatic nitrogens is 2. The fraction of sp³-hybridized carbons (Fsp3) is 0.800. The van der Waals surface area contributed by atoms with E-state index in [2.05, 4.69) is 56.7 Å². The van der Waals surface area contributed by atoms with Crippen LogP contribution in [-0.2, 0) is 13.1 Å². The van der Waals surface area contributed by atoms with Crippen molar-refractivity contribution in [2.75, 3.05) is 19.6 Å². The SMILES string of the molecule is CCCN(Cc1c(Br)c(C)nn1CC)C1CCNCC1. The minimum Gasteiger partial charge on any atom is -0.317 e. The van der Waals surface area contributed by atoms with E-state index in [0.717, 1.165) is 31.9 Å². The fourth-order valence-electron chi connectivity index (χ4n) is 3.06. The molecule has 5 heteroatoms. The van der Waals surface area contributed by atoms with Gasteiger partial charge < -0.3 is 5.32 Å². The highest BCUT2D eigenvalue weighted by Crippen LogP contribution is 2.24. The molecule has 1 aromatic heterocycles. The summed E-state index contributed by atoms with van der Waals surface area (Å²) in [5, 5.41) is 8.08. The maximum atomic E-state index is 4.62. The standard InChI is InChI=1S/C15H27BrN4/c1-4-10-19(13-6-8-17-9-7-13)11-14-15(16)12(3)18-20(14)5-2/h13,17H,4-11H2,1-3H3. The molecule has 1 fully saturated rings. The van der Waals surface area contributed by atoms with Crippen LogP contribution in [0.1, 0.15) is 44.5 Å². The minimum absolute atomic E-state index is 0.712. The van der Waals surface area contributed by atoms with Crippen LogP contribution in [0.4, 0.5) is 0 Å². The first-order valence-electron chi connectivity index (χ1n) is 7.83. The molecule has 0 spiro atoms. The summed E-state index contributed by atoms with van der Waals surface area (Å²) in [6, 6.07) is 0.712. The Morgan fingerprint density at radius 1 is 1.35 bits per heavy atom. The average Bonchev–Trinajstić information content (AvgIpc) is 2.75. The van der Waals surface area contributed by atoms with E-state index < -0.39 is 0 Å². The Labute approximate surface area is 131 Å². The van der Waals surface area contributed by atoms with E-state index in [1.54, 1.807) is 0 Å². The number of halogens is 1. The normalized spacial score (nSPS) is 17.1. The van der Waals surface area contributed by atoms with Crippen molar-refractivity contribution in [3.8, 4) is 0 Å². The van der Waals surface area contributed by atoms with Gasteiger partial charge in [0, 0.05) is 19.1 Å². The molecule has 0 aromatic carbocycles. The third-order valence-electron chi connectivity index (χ3n) is 4.14. The first-order chi connectivity index (χ1) is 9.67. The summed E-state index contributed by atoms with van der Waals surface area (Å²) in [6.45, 7) is 11.9. The smallest absolute Gasteiger partial charge is 0.0739 e. The molecule has 114 valence electrons. The number of nitrogens with zero attached hydrogens (tertiary/aromatic N) is 3. The predicted molar refractivity (Wildman–Crippen MR) is 86.9 cm³/mol. The van der Waals surface area contributed by atoms with E-state index >= 15 is 0 Å². The van der Waals surface area contributed by atoms with E-state index in [4.69, 9.17) is 0 Å². The van der Waals surface area contributed by atoms with Gasteiger partial charge in [-0.25, -0.2) is 0 Å². The Balaban J connectivity index is 2.14. The van der Waals surface area contributed by atoms with Gasteiger partial charge >= 0.3 is 0 Å². The zero-order chi connectivity index (χ0) is 14.5. The summed E-state index contributed by atoms with van der Waals surface area (Å²) in [6.07, 6.45) is 3.73. The molecule has 0 unspecified atom stereocenters. The summed E-state index contributed by atoms with van der Waals surface area (Å²) in [4.78, 5) is 2.65. The van der Waals surface area contributed by atoms with Gasteiger partial charge in [0.25, 0.3) is 0 Å². The quantitative estimate of drug-likeness (QED) is 0.862. The van der Waals surface area contributed by atoms with E-state index in [1.807, 2.05) is 0 Å². The Morgan fingerprint density at radius 2 is 2.05 bits per heavy atom. The molecule has 2 rings (SSSR count). The van der Waals surface area contributed by atoms with Crippen LogP contribution in [0.5, 0.6) is 0 Å². The zero-order valence-electron chi connectivity index (χ0n) is 13.0. The lowest BCUT2D eigenvalue weighted by atomic mass is 10.0. The van der Waals surface area contributed by atoms with Crippen molar-refractivity contribution >= 4 is 15.9 Å². The highest BCUT2D eigenvalue weighted by atomic mass is 79.9. The summed E-state index contributed by atoms with van der Waals surface area (Å²) in [7, 11) is 0. The largest absolute Gasteiger partial charge is 0.317 e.